The second kappa shape index (κ2) is 2.55. The van der Waals surface area contributed by atoms with Crippen molar-refractivity contribution in [3.05, 3.63) is 17.7 Å². The van der Waals surface area contributed by atoms with Gasteiger partial charge in [0.1, 0.15) is 0 Å². The maximum atomic E-state index is 8.94. The standard InChI is InChI=1S/C11H14N2/c12-13-11-9-5-6-10(11)8-4-2-1-3-7(8)9/h5-10H,1-4H2/t7-,8+,9-,10+. The highest BCUT2D eigenvalue weighted by Crippen LogP contribution is 2.51. The molecule has 2 nitrogen and oxygen atoms in total. The zero-order chi connectivity index (χ0) is 8.84. The van der Waals surface area contributed by atoms with E-state index in [9.17, 15) is 0 Å². The Labute approximate surface area is 78.3 Å². The first kappa shape index (κ1) is 7.52. The van der Waals surface area contributed by atoms with Gasteiger partial charge < -0.3 is 5.53 Å². The Morgan fingerprint density at radius 2 is 1.62 bits per heavy atom. The van der Waals surface area contributed by atoms with Crippen LogP contribution in [0.15, 0.2) is 12.2 Å². The maximum Gasteiger partial charge on any atom is 0.282 e. The molecule has 0 aromatic heterocycles. The summed E-state index contributed by atoms with van der Waals surface area (Å²) in [5.41, 5.74) is 9.99. The summed E-state index contributed by atoms with van der Waals surface area (Å²) in [4.78, 5) is 3.49. The van der Waals surface area contributed by atoms with Crippen molar-refractivity contribution in [1.29, 1.82) is 0 Å². The molecule has 0 aromatic rings. The van der Waals surface area contributed by atoms with Gasteiger partial charge in [-0.2, -0.15) is 4.79 Å². The van der Waals surface area contributed by atoms with Gasteiger partial charge in [0, 0.05) is 0 Å². The van der Waals surface area contributed by atoms with E-state index in [0.29, 0.717) is 11.8 Å². The first-order valence-corrected chi connectivity index (χ1v) is 5.32. The number of fused-ring (bicyclic) bond motifs is 5. The van der Waals surface area contributed by atoms with Crippen LogP contribution in [0.2, 0.25) is 0 Å². The van der Waals surface area contributed by atoms with E-state index in [4.69, 9.17) is 5.53 Å². The molecule has 0 spiro atoms. The topological polar surface area (TPSA) is 36.4 Å². The minimum absolute atomic E-state index is 0.486. The lowest BCUT2D eigenvalue weighted by atomic mass is 9.73. The van der Waals surface area contributed by atoms with E-state index in [1.165, 1.54) is 25.7 Å². The summed E-state index contributed by atoms with van der Waals surface area (Å²) >= 11 is 0. The lowest BCUT2D eigenvalue weighted by molar-refractivity contribution is -0.0140. The molecule has 68 valence electrons. The maximum absolute atomic E-state index is 8.94. The van der Waals surface area contributed by atoms with Crippen LogP contribution in [0.3, 0.4) is 0 Å². The van der Waals surface area contributed by atoms with Crippen molar-refractivity contribution < 1.29 is 4.79 Å². The number of hydrogen-bond acceptors (Lipinski definition) is 0. The molecule has 0 saturated heterocycles. The van der Waals surface area contributed by atoms with Crippen LogP contribution in [0.25, 0.3) is 5.53 Å². The predicted molar refractivity (Wildman–Crippen MR) is 50.2 cm³/mol. The Bertz CT molecular complexity index is 288. The molecule has 0 unspecified atom stereocenters. The summed E-state index contributed by atoms with van der Waals surface area (Å²) in [6, 6.07) is 0. The minimum Gasteiger partial charge on any atom is -0.362 e. The van der Waals surface area contributed by atoms with E-state index in [-0.39, 0.29) is 0 Å². The number of rotatable bonds is 0. The molecule has 0 aliphatic heterocycles. The van der Waals surface area contributed by atoms with Crippen molar-refractivity contribution in [3.8, 4) is 0 Å². The molecular formula is C11H14N2. The van der Waals surface area contributed by atoms with Crippen LogP contribution in [-0.4, -0.2) is 10.5 Å². The van der Waals surface area contributed by atoms with Gasteiger partial charge >= 0.3 is 0 Å². The summed E-state index contributed by atoms with van der Waals surface area (Å²) in [6.07, 6.45) is 9.94. The van der Waals surface area contributed by atoms with Crippen LogP contribution in [-0.2, 0) is 0 Å². The van der Waals surface area contributed by atoms with Crippen molar-refractivity contribution in [1.82, 2.24) is 0 Å². The molecule has 2 fully saturated rings. The van der Waals surface area contributed by atoms with E-state index in [1.807, 2.05) is 0 Å². The summed E-state index contributed by atoms with van der Waals surface area (Å²) in [6.45, 7) is 0. The Morgan fingerprint density at radius 1 is 1.08 bits per heavy atom. The monoisotopic (exact) mass is 174 g/mol. The Morgan fingerprint density at radius 3 is 2.08 bits per heavy atom. The van der Waals surface area contributed by atoms with E-state index in [0.717, 1.165) is 17.5 Å². The molecule has 13 heavy (non-hydrogen) atoms. The fraction of sp³-hybridized carbons (Fsp3) is 0.727. The van der Waals surface area contributed by atoms with Crippen LogP contribution >= 0.6 is 0 Å². The Hall–Kier alpha value is -0.880. The largest absolute Gasteiger partial charge is 0.362 e. The molecule has 3 rings (SSSR count). The van der Waals surface area contributed by atoms with E-state index in [2.05, 4.69) is 16.9 Å². The fourth-order valence-corrected chi connectivity index (χ4v) is 3.60. The van der Waals surface area contributed by atoms with E-state index >= 15 is 0 Å². The molecule has 0 radical (unpaired) electrons. The molecular weight excluding hydrogens is 160 g/mol. The van der Waals surface area contributed by atoms with Crippen LogP contribution in [0.4, 0.5) is 0 Å². The lowest BCUT2D eigenvalue weighted by Crippen LogP contribution is -2.22. The van der Waals surface area contributed by atoms with Gasteiger partial charge in [0.25, 0.3) is 5.71 Å². The zero-order valence-electron chi connectivity index (χ0n) is 7.69. The van der Waals surface area contributed by atoms with Gasteiger partial charge in [-0.1, -0.05) is 25.0 Å². The summed E-state index contributed by atoms with van der Waals surface area (Å²) in [5.74, 6) is 2.57. The van der Waals surface area contributed by atoms with Gasteiger partial charge in [0.15, 0.2) is 0 Å². The molecule has 2 bridgehead atoms. The third-order valence-corrected chi connectivity index (χ3v) is 4.12. The van der Waals surface area contributed by atoms with Gasteiger partial charge in [0.05, 0.1) is 11.8 Å². The molecule has 3 aliphatic carbocycles. The molecule has 2 saturated carbocycles. The van der Waals surface area contributed by atoms with Crippen molar-refractivity contribution in [2.24, 2.45) is 23.7 Å². The highest BCUT2D eigenvalue weighted by molar-refractivity contribution is 5.92. The van der Waals surface area contributed by atoms with E-state index in [1.54, 1.807) is 0 Å². The van der Waals surface area contributed by atoms with Gasteiger partial charge in [-0.3, -0.25) is 0 Å². The molecule has 0 heterocycles. The second-order valence-corrected chi connectivity index (χ2v) is 4.57. The first-order valence-electron chi connectivity index (χ1n) is 5.32. The average molecular weight is 174 g/mol. The molecule has 0 N–H and O–H groups in total. The second-order valence-electron chi connectivity index (χ2n) is 4.57. The minimum atomic E-state index is 0.486. The molecule has 0 aromatic carbocycles. The molecule has 4 atom stereocenters. The van der Waals surface area contributed by atoms with Crippen LogP contribution in [0.5, 0.6) is 0 Å². The summed E-state index contributed by atoms with van der Waals surface area (Å²) in [5, 5.41) is 0. The lowest BCUT2D eigenvalue weighted by Gasteiger charge is -2.30. The number of hydrogen-bond donors (Lipinski definition) is 0. The predicted octanol–water partition coefficient (Wildman–Crippen LogP) is 2.28. The third kappa shape index (κ3) is 0.843. The summed E-state index contributed by atoms with van der Waals surface area (Å²) in [7, 11) is 0. The quantitative estimate of drug-likeness (QED) is 0.307. The Kier molecular flexibility index (Phi) is 1.48. The van der Waals surface area contributed by atoms with E-state index < -0.39 is 0 Å². The van der Waals surface area contributed by atoms with Crippen LogP contribution in [0.1, 0.15) is 25.7 Å². The Balaban J connectivity index is 2.02. The highest BCUT2D eigenvalue weighted by atomic mass is 14.9. The van der Waals surface area contributed by atoms with Gasteiger partial charge in [-0.15, -0.1) is 0 Å². The van der Waals surface area contributed by atoms with Crippen LogP contribution < -0.4 is 0 Å². The average Bonchev–Trinajstić information content (AvgIpc) is 2.73. The van der Waals surface area contributed by atoms with Crippen molar-refractivity contribution in [2.75, 3.05) is 0 Å². The first-order chi connectivity index (χ1) is 6.42. The molecule has 0 amide bonds. The SMILES string of the molecule is [N-]=[N+]=C1[C@H]2C=C[C@@H]1[C@@H]1CCCC[C@@H]12. The highest BCUT2D eigenvalue weighted by Gasteiger charge is 2.54. The summed E-state index contributed by atoms with van der Waals surface area (Å²) < 4.78 is 0. The zero-order valence-corrected chi connectivity index (χ0v) is 7.69. The van der Waals surface area contributed by atoms with Crippen LogP contribution in [0, 0.1) is 23.7 Å². The normalized spacial score (nSPS) is 46.3. The fourth-order valence-electron chi connectivity index (χ4n) is 3.60. The smallest absolute Gasteiger partial charge is 0.282 e. The van der Waals surface area contributed by atoms with Crippen molar-refractivity contribution in [3.63, 3.8) is 0 Å². The number of allylic oxidation sites excluding steroid dienone is 2. The number of nitrogens with zero attached hydrogens (tertiary/aromatic N) is 2. The third-order valence-electron chi connectivity index (χ3n) is 4.12. The van der Waals surface area contributed by atoms with Gasteiger partial charge in [-0.25, -0.2) is 0 Å². The van der Waals surface area contributed by atoms with Crippen molar-refractivity contribution >= 4 is 5.71 Å². The molecule has 2 heteroatoms. The molecule has 3 aliphatic rings. The van der Waals surface area contributed by atoms with Crippen molar-refractivity contribution in [2.45, 2.75) is 25.7 Å². The van der Waals surface area contributed by atoms with Gasteiger partial charge in [0.2, 0.25) is 0 Å². The van der Waals surface area contributed by atoms with Gasteiger partial charge in [-0.05, 0) is 24.7 Å².